The van der Waals surface area contributed by atoms with Crippen molar-refractivity contribution < 1.29 is 4.79 Å². The quantitative estimate of drug-likeness (QED) is 0.791. The SMILES string of the molecule is CC(=O)Nc1c(C)ccc(I)c1C. The minimum absolute atomic E-state index is 0.0202. The zero-order chi connectivity index (χ0) is 10.0. The first-order valence-corrected chi connectivity index (χ1v) is 5.13. The highest BCUT2D eigenvalue weighted by atomic mass is 127. The molecule has 0 atom stereocenters. The molecule has 1 N–H and O–H groups in total. The van der Waals surface area contributed by atoms with Gasteiger partial charge in [-0.25, -0.2) is 0 Å². The predicted octanol–water partition coefficient (Wildman–Crippen LogP) is 2.87. The molecule has 0 radical (unpaired) electrons. The Labute approximate surface area is 91.9 Å². The van der Waals surface area contributed by atoms with Crippen molar-refractivity contribution in [2.45, 2.75) is 20.8 Å². The second-order valence-electron chi connectivity index (χ2n) is 3.05. The number of hydrogen-bond donors (Lipinski definition) is 1. The first-order chi connectivity index (χ1) is 6.02. The lowest BCUT2D eigenvalue weighted by molar-refractivity contribution is -0.114. The van der Waals surface area contributed by atoms with E-state index in [1.165, 1.54) is 10.5 Å². The zero-order valence-electron chi connectivity index (χ0n) is 7.94. The van der Waals surface area contributed by atoms with E-state index in [2.05, 4.69) is 34.0 Å². The van der Waals surface area contributed by atoms with Gasteiger partial charge in [-0.3, -0.25) is 4.79 Å². The Hall–Kier alpha value is -0.580. The maximum absolute atomic E-state index is 10.9. The minimum Gasteiger partial charge on any atom is -0.326 e. The second kappa shape index (κ2) is 4.09. The molecule has 3 heteroatoms. The van der Waals surface area contributed by atoms with Gasteiger partial charge >= 0.3 is 0 Å². The zero-order valence-corrected chi connectivity index (χ0v) is 10.1. The molecule has 1 amide bonds. The van der Waals surface area contributed by atoms with E-state index in [1.54, 1.807) is 0 Å². The molecule has 0 aliphatic heterocycles. The number of carbonyl (C=O) groups excluding carboxylic acids is 1. The molecule has 0 bridgehead atoms. The fourth-order valence-corrected chi connectivity index (χ4v) is 1.64. The van der Waals surface area contributed by atoms with Gasteiger partial charge in [-0.2, -0.15) is 0 Å². The number of benzene rings is 1. The smallest absolute Gasteiger partial charge is 0.221 e. The summed E-state index contributed by atoms with van der Waals surface area (Å²) in [6, 6.07) is 4.07. The van der Waals surface area contributed by atoms with Crippen molar-refractivity contribution in [3.63, 3.8) is 0 Å². The Bertz CT molecular complexity index is 347. The lowest BCUT2D eigenvalue weighted by Crippen LogP contribution is -2.09. The van der Waals surface area contributed by atoms with E-state index in [9.17, 15) is 4.79 Å². The molecule has 0 unspecified atom stereocenters. The van der Waals surface area contributed by atoms with Gasteiger partial charge in [-0.1, -0.05) is 6.07 Å². The van der Waals surface area contributed by atoms with Gasteiger partial charge in [0.05, 0.1) is 0 Å². The van der Waals surface area contributed by atoms with Gasteiger partial charge in [0, 0.05) is 16.2 Å². The number of halogens is 1. The molecule has 0 aliphatic carbocycles. The molecule has 13 heavy (non-hydrogen) atoms. The van der Waals surface area contributed by atoms with Gasteiger partial charge in [0.15, 0.2) is 0 Å². The lowest BCUT2D eigenvalue weighted by atomic mass is 10.1. The van der Waals surface area contributed by atoms with Crippen molar-refractivity contribution in [1.29, 1.82) is 0 Å². The number of amides is 1. The Kier molecular flexibility index (Phi) is 3.30. The van der Waals surface area contributed by atoms with Gasteiger partial charge in [-0.05, 0) is 53.6 Å². The van der Waals surface area contributed by atoms with Gasteiger partial charge < -0.3 is 5.32 Å². The topological polar surface area (TPSA) is 29.1 Å². The van der Waals surface area contributed by atoms with Crippen LogP contribution in [0.3, 0.4) is 0 Å². The highest BCUT2D eigenvalue weighted by Crippen LogP contribution is 2.24. The lowest BCUT2D eigenvalue weighted by Gasteiger charge is -2.11. The monoisotopic (exact) mass is 289 g/mol. The number of rotatable bonds is 1. The van der Waals surface area contributed by atoms with Crippen LogP contribution in [0.2, 0.25) is 0 Å². The molecular weight excluding hydrogens is 277 g/mol. The van der Waals surface area contributed by atoms with Gasteiger partial charge in [0.1, 0.15) is 0 Å². The summed E-state index contributed by atoms with van der Waals surface area (Å²) in [7, 11) is 0. The standard InChI is InChI=1S/C10H12INO/c1-6-4-5-9(11)7(2)10(6)12-8(3)13/h4-5H,1-3H3,(H,12,13). The van der Waals surface area contributed by atoms with Crippen molar-refractivity contribution in [3.05, 3.63) is 26.8 Å². The maximum atomic E-state index is 10.9. The van der Waals surface area contributed by atoms with Crippen LogP contribution >= 0.6 is 22.6 Å². The third-order valence-electron chi connectivity index (χ3n) is 1.91. The molecule has 0 saturated carbocycles. The molecule has 0 heterocycles. The molecule has 2 nitrogen and oxygen atoms in total. The first-order valence-electron chi connectivity index (χ1n) is 4.05. The predicted molar refractivity (Wildman–Crippen MR) is 62.9 cm³/mol. The third kappa shape index (κ3) is 2.43. The van der Waals surface area contributed by atoms with Crippen LogP contribution in [-0.4, -0.2) is 5.91 Å². The van der Waals surface area contributed by atoms with Crippen LogP contribution in [0, 0.1) is 17.4 Å². The molecule has 0 aliphatic rings. The Morgan fingerprint density at radius 2 is 2.00 bits per heavy atom. The molecule has 0 saturated heterocycles. The van der Waals surface area contributed by atoms with Crippen LogP contribution in [0.4, 0.5) is 5.69 Å². The molecule has 0 fully saturated rings. The van der Waals surface area contributed by atoms with Gasteiger partial charge in [0.25, 0.3) is 0 Å². The average Bonchev–Trinajstić information content (AvgIpc) is 2.05. The molecule has 0 aromatic heterocycles. The Morgan fingerprint density at radius 3 is 2.54 bits per heavy atom. The second-order valence-corrected chi connectivity index (χ2v) is 4.21. The normalized spacial score (nSPS) is 9.85. The summed E-state index contributed by atoms with van der Waals surface area (Å²) in [5.74, 6) is -0.0202. The summed E-state index contributed by atoms with van der Waals surface area (Å²) in [4.78, 5) is 10.9. The molecule has 1 aromatic carbocycles. The molecule has 1 aromatic rings. The van der Waals surface area contributed by atoms with Crippen molar-refractivity contribution >= 4 is 34.2 Å². The summed E-state index contributed by atoms with van der Waals surface area (Å²) in [5.41, 5.74) is 3.18. The number of nitrogens with one attached hydrogen (secondary N) is 1. The van der Waals surface area contributed by atoms with Crippen LogP contribution in [0.25, 0.3) is 0 Å². The van der Waals surface area contributed by atoms with Crippen LogP contribution in [-0.2, 0) is 4.79 Å². The number of hydrogen-bond acceptors (Lipinski definition) is 1. The van der Waals surface area contributed by atoms with E-state index in [1.807, 2.05) is 19.9 Å². The van der Waals surface area contributed by atoms with E-state index in [0.29, 0.717) is 0 Å². The van der Waals surface area contributed by atoms with Crippen LogP contribution in [0.1, 0.15) is 18.1 Å². The molecule has 1 rings (SSSR count). The van der Waals surface area contributed by atoms with Crippen LogP contribution < -0.4 is 5.32 Å². The van der Waals surface area contributed by atoms with Gasteiger partial charge in [-0.15, -0.1) is 0 Å². The number of anilines is 1. The fraction of sp³-hybridized carbons (Fsp3) is 0.300. The van der Waals surface area contributed by atoms with Crippen LogP contribution in [0.5, 0.6) is 0 Å². The molecule has 0 spiro atoms. The highest BCUT2D eigenvalue weighted by molar-refractivity contribution is 14.1. The summed E-state index contributed by atoms with van der Waals surface area (Å²) in [5, 5.41) is 2.84. The van der Waals surface area contributed by atoms with E-state index in [-0.39, 0.29) is 5.91 Å². The summed E-state index contributed by atoms with van der Waals surface area (Å²) in [6.45, 7) is 5.53. The van der Waals surface area contributed by atoms with Crippen molar-refractivity contribution in [3.8, 4) is 0 Å². The largest absolute Gasteiger partial charge is 0.326 e. The number of aryl methyl sites for hydroxylation is 1. The van der Waals surface area contributed by atoms with Gasteiger partial charge in [0.2, 0.25) is 5.91 Å². The molecule has 70 valence electrons. The highest BCUT2D eigenvalue weighted by Gasteiger charge is 2.06. The Balaban J connectivity index is 3.17. The minimum atomic E-state index is -0.0202. The number of carbonyl (C=O) groups is 1. The fourth-order valence-electron chi connectivity index (χ4n) is 1.19. The average molecular weight is 289 g/mol. The van der Waals surface area contributed by atoms with Crippen molar-refractivity contribution in [1.82, 2.24) is 0 Å². The van der Waals surface area contributed by atoms with E-state index in [0.717, 1.165) is 16.8 Å². The Morgan fingerprint density at radius 1 is 1.38 bits per heavy atom. The van der Waals surface area contributed by atoms with E-state index in [4.69, 9.17) is 0 Å². The molecular formula is C10H12INO. The maximum Gasteiger partial charge on any atom is 0.221 e. The summed E-state index contributed by atoms with van der Waals surface area (Å²) in [6.07, 6.45) is 0. The summed E-state index contributed by atoms with van der Waals surface area (Å²) >= 11 is 2.26. The first kappa shape index (κ1) is 10.5. The van der Waals surface area contributed by atoms with Crippen molar-refractivity contribution in [2.24, 2.45) is 0 Å². The van der Waals surface area contributed by atoms with E-state index < -0.39 is 0 Å². The van der Waals surface area contributed by atoms with Crippen molar-refractivity contribution in [2.75, 3.05) is 5.32 Å². The third-order valence-corrected chi connectivity index (χ3v) is 3.08. The summed E-state index contributed by atoms with van der Waals surface area (Å²) < 4.78 is 1.17. The van der Waals surface area contributed by atoms with E-state index >= 15 is 0 Å². The van der Waals surface area contributed by atoms with Crippen LogP contribution in [0.15, 0.2) is 12.1 Å².